The first kappa shape index (κ1) is 31.5. The molecule has 0 fully saturated rings. The number of benzene rings is 1. The fourth-order valence-corrected chi connectivity index (χ4v) is 3.93. The van der Waals surface area contributed by atoms with E-state index >= 15 is 0 Å². The minimum Gasteiger partial charge on any atom is -0.444 e. The van der Waals surface area contributed by atoms with Gasteiger partial charge in [0.2, 0.25) is 11.8 Å². The van der Waals surface area contributed by atoms with E-state index in [1.807, 2.05) is 45.9 Å². The van der Waals surface area contributed by atoms with Crippen molar-refractivity contribution < 1.29 is 19.1 Å². The number of alkyl carbamates (subject to hydrolysis) is 1. The van der Waals surface area contributed by atoms with E-state index in [0.717, 1.165) is 42.4 Å². The van der Waals surface area contributed by atoms with Crippen LogP contribution in [0.25, 0.3) is 0 Å². The summed E-state index contributed by atoms with van der Waals surface area (Å²) in [5, 5.41) is 5.83. The van der Waals surface area contributed by atoms with E-state index in [-0.39, 0.29) is 17.7 Å². The molecule has 204 valence electrons. The van der Waals surface area contributed by atoms with Gasteiger partial charge in [0, 0.05) is 13.1 Å². The fraction of sp³-hybridized carbons (Fsp3) is 0.690. The summed E-state index contributed by atoms with van der Waals surface area (Å²) in [6.07, 6.45) is 3.25. The molecular formula is C29H49N3O4. The van der Waals surface area contributed by atoms with Gasteiger partial charge in [-0.15, -0.1) is 0 Å². The summed E-state index contributed by atoms with van der Waals surface area (Å²) in [5.74, 6) is -0.311. The van der Waals surface area contributed by atoms with Crippen molar-refractivity contribution >= 4 is 17.9 Å². The quantitative estimate of drug-likeness (QED) is 0.332. The van der Waals surface area contributed by atoms with Gasteiger partial charge in [-0.1, -0.05) is 58.7 Å². The average molecular weight is 504 g/mol. The van der Waals surface area contributed by atoms with Crippen molar-refractivity contribution in [1.29, 1.82) is 0 Å². The number of ether oxygens (including phenoxy) is 1. The second-order valence-corrected chi connectivity index (χ2v) is 11.1. The SMILES string of the molecule is CCCCNC(=O)C(c1ccc(C)c(C)c1)N(CCCC)C(=O)C(CC(C)C)NC(=O)OC(C)(C)C. The van der Waals surface area contributed by atoms with E-state index in [0.29, 0.717) is 19.5 Å². The molecular weight excluding hydrogens is 454 g/mol. The van der Waals surface area contributed by atoms with Crippen molar-refractivity contribution in [2.45, 2.75) is 112 Å². The Bertz CT molecular complexity index is 861. The number of carbonyl (C=O) groups excluding carboxylic acids is 3. The maximum atomic E-state index is 14.1. The third-order valence-corrected chi connectivity index (χ3v) is 5.97. The first-order chi connectivity index (χ1) is 16.8. The molecule has 1 aromatic carbocycles. The lowest BCUT2D eigenvalue weighted by atomic mass is 9.96. The van der Waals surface area contributed by atoms with E-state index in [2.05, 4.69) is 24.5 Å². The highest BCUT2D eigenvalue weighted by molar-refractivity contribution is 5.92. The summed E-state index contributed by atoms with van der Waals surface area (Å²) >= 11 is 0. The number of hydrogen-bond acceptors (Lipinski definition) is 4. The maximum Gasteiger partial charge on any atom is 0.408 e. The largest absolute Gasteiger partial charge is 0.444 e. The number of hydrogen-bond donors (Lipinski definition) is 2. The van der Waals surface area contributed by atoms with E-state index in [4.69, 9.17) is 4.74 Å². The van der Waals surface area contributed by atoms with E-state index in [1.165, 1.54) is 0 Å². The van der Waals surface area contributed by atoms with Crippen LogP contribution in [0.3, 0.4) is 0 Å². The van der Waals surface area contributed by atoms with Crippen LogP contribution in [0.4, 0.5) is 4.79 Å². The third-order valence-electron chi connectivity index (χ3n) is 5.97. The molecule has 0 radical (unpaired) electrons. The van der Waals surface area contributed by atoms with Crippen LogP contribution in [0, 0.1) is 19.8 Å². The number of carbonyl (C=O) groups is 3. The molecule has 0 spiro atoms. The number of rotatable bonds is 13. The van der Waals surface area contributed by atoms with Crippen LogP contribution in [-0.2, 0) is 14.3 Å². The molecule has 0 saturated carbocycles. The summed E-state index contributed by atoms with van der Waals surface area (Å²) in [7, 11) is 0. The first-order valence-electron chi connectivity index (χ1n) is 13.5. The second-order valence-electron chi connectivity index (χ2n) is 11.1. The molecule has 0 aliphatic rings. The van der Waals surface area contributed by atoms with E-state index in [9.17, 15) is 14.4 Å². The molecule has 7 heteroatoms. The Morgan fingerprint density at radius 3 is 2.17 bits per heavy atom. The molecule has 0 aromatic heterocycles. The Morgan fingerprint density at radius 2 is 1.64 bits per heavy atom. The predicted molar refractivity (Wildman–Crippen MR) is 146 cm³/mol. The summed E-state index contributed by atoms with van der Waals surface area (Å²) in [5.41, 5.74) is 2.28. The highest BCUT2D eigenvalue weighted by Gasteiger charge is 2.36. The minimum atomic E-state index is -0.797. The molecule has 1 aromatic rings. The van der Waals surface area contributed by atoms with Crippen LogP contribution in [0.5, 0.6) is 0 Å². The molecule has 1 rings (SSSR count). The highest BCUT2D eigenvalue weighted by atomic mass is 16.6. The summed E-state index contributed by atoms with van der Waals surface area (Å²) in [6, 6.07) is 4.33. The van der Waals surface area contributed by atoms with Crippen molar-refractivity contribution in [3.05, 3.63) is 34.9 Å². The number of aryl methyl sites for hydroxylation is 2. The van der Waals surface area contributed by atoms with Crippen LogP contribution in [0.2, 0.25) is 0 Å². The lowest BCUT2D eigenvalue weighted by Crippen LogP contribution is -2.53. The maximum absolute atomic E-state index is 14.1. The molecule has 2 atom stereocenters. The Morgan fingerprint density at radius 1 is 1.00 bits per heavy atom. The van der Waals surface area contributed by atoms with Crippen LogP contribution in [0.15, 0.2) is 18.2 Å². The Balaban J connectivity index is 3.46. The molecule has 2 unspecified atom stereocenters. The fourth-order valence-electron chi connectivity index (χ4n) is 3.93. The smallest absolute Gasteiger partial charge is 0.408 e. The van der Waals surface area contributed by atoms with Gasteiger partial charge in [0.05, 0.1) is 0 Å². The van der Waals surface area contributed by atoms with Crippen molar-refractivity contribution in [1.82, 2.24) is 15.5 Å². The van der Waals surface area contributed by atoms with Gasteiger partial charge in [-0.05, 0) is 76.5 Å². The van der Waals surface area contributed by atoms with Gasteiger partial charge < -0.3 is 20.3 Å². The van der Waals surface area contributed by atoms with E-state index in [1.54, 1.807) is 25.7 Å². The van der Waals surface area contributed by atoms with Gasteiger partial charge in [0.25, 0.3) is 0 Å². The molecule has 3 amide bonds. The lowest BCUT2D eigenvalue weighted by Gasteiger charge is -2.35. The number of amides is 3. The van der Waals surface area contributed by atoms with Crippen LogP contribution in [-0.4, -0.2) is 47.5 Å². The van der Waals surface area contributed by atoms with Crippen LogP contribution < -0.4 is 10.6 Å². The highest BCUT2D eigenvalue weighted by Crippen LogP contribution is 2.26. The molecule has 0 aliphatic carbocycles. The van der Waals surface area contributed by atoms with Gasteiger partial charge in [0.1, 0.15) is 17.7 Å². The van der Waals surface area contributed by atoms with Gasteiger partial charge in [-0.25, -0.2) is 4.79 Å². The standard InChI is InChI=1S/C29H49N3O4/c1-10-12-16-30-26(33)25(23-15-14-21(5)22(6)19-23)32(17-13-11-2)27(34)24(18-20(3)4)31-28(35)36-29(7,8)9/h14-15,19-20,24-25H,10-13,16-18H2,1-9H3,(H,30,33)(H,31,35). The zero-order valence-electron chi connectivity index (χ0n) is 24.0. The Labute approximate surface area is 218 Å². The zero-order valence-corrected chi connectivity index (χ0v) is 24.0. The summed E-state index contributed by atoms with van der Waals surface area (Å²) in [6.45, 7) is 18.5. The number of unbranched alkanes of at least 4 members (excludes halogenated alkanes) is 2. The van der Waals surface area contributed by atoms with E-state index < -0.39 is 23.8 Å². The zero-order chi connectivity index (χ0) is 27.5. The monoisotopic (exact) mass is 503 g/mol. The van der Waals surface area contributed by atoms with Gasteiger partial charge in [-0.2, -0.15) is 0 Å². The Kier molecular flexibility index (Phi) is 13.0. The van der Waals surface area contributed by atoms with Crippen molar-refractivity contribution in [2.75, 3.05) is 13.1 Å². The third kappa shape index (κ3) is 10.6. The lowest BCUT2D eigenvalue weighted by molar-refractivity contribution is -0.142. The number of nitrogens with one attached hydrogen (secondary N) is 2. The molecule has 7 nitrogen and oxygen atoms in total. The molecule has 36 heavy (non-hydrogen) atoms. The number of nitrogens with zero attached hydrogens (tertiary/aromatic N) is 1. The topological polar surface area (TPSA) is 87.7 Å². The molecule has 0 bridgehead atoms. The summed E-state index contributed by atoms with van der Waals surface area (Å²) < 4.78 is 5.45. The van der Waals surface area contributed by atoms with Crippen molar-refractivity contribution in [3.8, 4) is 0 Å². The molecule has 0 heterocycles. The second kappa shape index (κ2) is 14.9. The van der Waals surface area contributed by atoms with Gasteiger partial charge in [0.15, 0.2) is 0 Å². The first-order valence-corrected chi connectivity index (χ1v) is 13.5. The molecule has 0 saturated heterocycles. The van der Waals surface area contributed by atoms with Gasteiger partial charge >= 0.3 is 6.09 Å². The van der Waals surface area contributed by atoms with Crippen LogP contribution in [0.1, 0.15) is 103 Å². The molecule has 0 aliphatic heterocycles. The minimum absolute atomic E-state index is 0.153. The van der Waals surface area contributed by atoms with Gasteiger partial charge in [-0.3, -0.25) is 9.59 Å². The van der Waals surface area contributed by atoms with Crippen molar-refractivity contribution in [2.24, 2.45) is 5.92 Å². The molecule has 2 N–H and O–H groups in total. The summed E-state index contributed by atoms with van der Waals surface area (Å²) in [4.78, 5) is 41.9. The normalized spacial score (nSPS) is 13.2. The Hall–Kier alpha value is -2.57. The van der Waals surface area contributed by atoms with Crippen molar-refractivity contribution in [3.63, 3.8) is 0 Å². The predicted octanol–water partition coefficient (Wildman–Crippen LogP) is 5.83. The van der Waals surface area contributed by atoms with Crippen LogP contribution >= 0.6 is 0 Å². The average Bonchev–Trinajstić information content (AvgIpc) is 2.76.